The molecule has 0 unspecified atom stereocenters. The lowest BCUT2D eigenvalue weighted by Crippen LogP contribution is -2.24. The second-order valence-corrected chi connectivity index (χ2v) is 7.88. The fourth-order valence-electron chi connectivity index (χ4n) is 3.18. The molecule has 1 N–H and O–H groups in total. The zero-order valence-corrected chi connectivity index (χ0v) is 16.2. The Balaban J connectivity index is 1.62. The number of halogens is 1. The van der Waals surface area contributed by atoms with Crippen LogP contribution in [0.15, 0.2) is 37.4 Å². The number of hydrogen-bond acceptors (Lipinski definition) is 6. The molecule has 2 aromatic heterocycles. The van der Waals surface area contributed by atoms with Crippen molar-refractivity contribution in [2.75, 3.05) is 6.61 Å². The molecule has 1 atom stereocenters. The van der Waals surface area contributed by atoms with Crippen LogP contribution in [-0.4, -0.2) is 27.5 Å². The monoisotopic (exact) mass is 407 g/mol. The van der Waals surface area contributed by atoms with Gasteiger partial charge in [-0.05, 0) is 43.0 Å². The van der Waals surface area contributed by atoms with E-state index in [0.29, 0.717) is 28.1 Å². The zero-order chi connectivity index (χ0) is 19.0. The van der Waals surface area contributed by atoms with Gasteiger partial charge in [0.15, 0.2) is 5.16 Å². The van der Waals surface area contributed by atoms with Gasteiger partial charge in [0.05, 0.1) is 12.6 Å². The van der Waals surface area contributed by atoms with E-state index in [9.17, 15) is 9.59 Å². The zero-order valence-electron chi connectivity index (χ0n) is 14.7. The summed E-state index contributed by atoms with van der Waals surface area (Å²) >= 11 is 7.62. The quantitative estimate of drug-likeness (QED) is 0.516. The van der Waals surface area contributed by atoms with Crippen LogP contribution in [-0.2, 0) is 17.0 Å². The molecule has 3 aromatic rings. The van der Waals surface area contributed by atoms with Crippen molar-refractivity contribution < 1.29 is 9.15 Å². The lowest BCUT2D eigenvalue weighted by Gasteiger charge is -2.11. The predicted octanol–water partition coefficient (Wildman–Crippen LogP) is 3.11. The highest BCUT2D eigenvalue weighted by atomic mass is 35.5. The molecule has 9 heteroatoms. The van der Waals surface area contributed by atoms with Crippen LogP contribution in [0.25, 0.3) is 11.0 Å². The lowest BCUT2D eigenvalue weighted by atomic mass is 10.1. The maximum Gasteiger partial charge on any atom is 0.344 e. The molecule has 1 aliphatic heterocycles. The first-order chi connectivity index (χ1) is 13.0. The number of thioether (sulfide) groups is 1. The van der Waals surface area contributed by atoms with Gasteiger partial charge < -0.3 is 9.15 Å². The molecule has 0 spiro atoms. The van der Waals surface area contributed by atoms with Gasteiger partial charge in [0, 0.05) is 28.8 Å². The van der Waals surface area contributed by atoms with Crippen molar-refractivity contribution in [1.82, 2.24) is 14.8 Å². The van der Waals surface area contributed by atoms with E-state index in [-0.39, 0.29) is 11.8 Å². The van der Waals surface area contributed by atoms with E-state index < -0.39 is 5.63 Å². The molecule has 7 nitrogen and oxygen atoms in total. The number of fused-ring (bicyclic) bond motifs is 1. The second-order valence-electron chi connectivity index (χ2n) is 6.53. The summed E-state index contributed by atoms with van der Waals surface area (Å²) in [6, 6.07) is 5.01. The van der Waals surface area contributed by atoms with Crippen molar-refractivity contribution >= 4 is 34.3 Å². The van der Waals surface area contributed by atoms with Crippen LogP contribution in [0.3, 0.4) is 0 Å². The summed E-state index contributed by atoms with van der Waals surface area (Å²) in [4.78, 5) is 24.0. The number of nitrogens with zero attached hydrogens (tertiary/aromatic N) is 2. The highest BCUT2D eigenvalue weighted by Crippen LogP contribution is 2.29. The second kappa shape index (κ2) is 7.53. The van der Waals surface area contributed by atoms with E-state index in [1.807, 2.05) is 6.92 Å². The molecule has 1 aliphatic rings. The van der Waals surface area contributed by atoms with Crippen LogP contribution in [0.4, 0.5) is 0 Å². The molecular weight excluding hydrogens is 390 g/mol. The summed E-state index contributed by atoms with van der Waals surface area (Å²) in [5, 5.41) is 8.56. The molecule has 0 aliphatic carbocycles. The largest absolute Gasteiger partial charge is 0.423 e. The number of benzene rings is 1. The Kier molecular flexibility index (Phi) is 5.12. The molecule has 1 aromatic carbocycles. The maximum atomic E-state index is 12.1. The van der Waals surface area contributed by atoms with Gasteiger partial charge >= 0.3 is 11.3 Å². The van der Waals surface area contributed by atoms with E-state index in [2.05, 4.69) is 10.2 Å². The summed E-state index contributed by atoms with van der Waals surface area (Å²) in [5.74, 6) is 0.456. The van der Waals surface area contributed by atoms with Crippen LogP contribution in [0.2, 0.25) is 5.02 Å². The fourth-order valence-corrected chi connectivity index (χ4v) is 4.29. The van der Waals surface area contributed by atoms with Crippen LogP contribution in [0, 0.1) is 6.92 Å². The van der Waals surface area contributed by atoms with E-state index in [1.54, 1.807) is 16.7 Å². The van der Waals surface area contributed by atoms with Gasteiger partial charge in [0.2, 0.25) is 0 Å². The topological polar surface area (TPSA) is 90.1 Å². The smallest absolute Gasteiger partial charge is 0.344 e. The van der Waals surface area contributed by atoms with Gasteiger partial charge in [-0.3, -0.25) is 4.57 Å². The number of rotatable bonds is 5. The molecule has 0 amide bonds. The molecule has 1 saturated heterocycles. The highest BCUT2D eigenvalue weighted by molar-refractivity contribution is 7.98. The number of aryl methyl sites for hydroxylation is 1. The number of aromatic nitrogens is 3. The third-order valence-electron chi connectivity index (χ3n) is 4.60. The van der Waals surface area contributed by atoms with Crippen molar-refractivity contribution in [2.45, 2.75) is 43.3 Å². The minimum Gasteiger partial charge on any atom is -0.423 e. The van der Waals surface area contributed by atoms with Crippen LogP contribution in [0.5, 0.6) is 0 Å². The fraction of sp³-hybridized carbons (Fsp3) is 0.389. The molecule has 1 fully saturated rings. The number of nitrogens with one attached hydrogen (secondary N) is 1. The summed E-state index contributed by atoms with van der Waals surface area (Å²) in [6.07, 6.45) is 1.97. The van der Waals surface area contributed by atoms with E-state index >= 15 is 0 Å². The molecular formula is C18H18ClN3O4S. The number of ether oxygens (including phenoxy) is 1. The van der Waals surface area contributed by atoms with Gasteiger partial charge in [-0.25, -0.2) is 14.7 Å². The Morgan fingerprint density at radius 1 is 1.37 bits per heavy atom. The van der Waals surface area contributed by atoms with Crippen LogP contribution < -0.4 is 11.3 Å². The average molecular weight is 408 g/mol. The molecule has 142 valence electrons. The molecule has 0 radical (unpaired) electrons. The Hall–Kier alpha value is -2.03. The number of aromatic amines is 1. The first kappa shape index (κ1) is 18.3. The normalized spacial score (nSPS) is 17.0. The molecule has 0 bridgehead atoms. The van der Waals surface area contributed by atoms with Gasteiger partial charge in [0.25, 0.3) is 0 Å². The highest BCUT2D eigenvalue weighted by Gasteiger charge is 2.20. The minimum atomic E-state index is -0.418. The predicted molar refractivity (Wildman–Crippen MR) is 104 cm³/mol. The molecule has 4 rings (SSSR count). The standard InChI is InChI=1S/C18H18ClN3O4S/c1-10-5-15-13(7-14(10)19)11(6-16(23)26-15)9-27-18-21-20-17(24)22(18)8-12-3-2-4-25-12/h5-7,12H,2-4,8-9H2,1H3,(H,20,24)/t12-/m1/s1. The molecule has 0 saturated carbocycles. The van der Waals surface area contributed by atoms with Crippen LogP contribution >= 0.6 is 23.4 Å². The van der Waals surface area contributed by atoms with E-state index in [0.717, 1.165) is 36.0 Å². The van der Waals surface area contributed by atoms with Crippen molar-refractivity contribution in [3.8, 4) is 0 Å². The van der Waals surface area contributed by atoms with Crippen molar-refractivity contribution in [3.63, 3.8) is 0 Å². The molecule has 3 heterocycles. The molecule has 27 heavy (non-hydrogen) atoms. The SMILES string of the molecule is Cc1cc2oc(=O)cc(CSc3n[nH]c(=O)n3C[C@H]3CCCO3)c2cc1Cl. The minimum absolute atomic E-state index is 0.0334. The lowest BCUT2D eigenvalue weighted by molar-refractivity contribution is 0.0941. The first-order valence-electron chi connectivity index (χ1n) is 8.64. The van der Waals surface area contributed by atoms with Crippen molar-refractivity contribution in [1.29, 1.82) is 0 Å². The van der Waals surface area contributed by atoms with E-state index in [1.165, 1.54) is 17.8 Å². The maximum absolute atomic E-state index is 12.1. The van der Waals surface area contributed by atoms with Gasteiger partial charge in [-0.1, -0.05) is 23.4 Å². The Morgan fingerprint density at radius 2 is 2.22 bits per heavy atom. The van der Waals surface area contributed by atoms with Gasteiger partial charge in [0.1, 0.15) is 5.58 Å². The van der Waals surface area contributed by atoms with Gasteiger partial charge in [-0.2, -0.15) is 0 Å². The summed E-state index contributed by atoms with van der Waals surface area (Å²) < 4.78 is 12.5. The van der Waals surface area contributed by atoms with E-state index in [4.69, 9.17) is 20.8 Å². The first-order valence-corrected chi connectivity index (χ1v) is 10.00. The summed E-state index contributed by atoms with van der Waals surface area (Å²) in [6.45, 7) is 3.06. The third-order valence-corrected chi connectivity index (χ3v) is 6.03. The Morgan fingerprint density at radius 3 is 3.00 bits per heavy atom. The summed E-state index contributed by atoms with van der Waals surface area (Å²) in [7, 11) is 0. The summed E-state index contributed by atoms with van der Waals surface area (Å²) in [5.41, 5.74) is 1.45. The van der Waals surface area contributed by atoms with Crippen molar-refractivity contribution in [3.05, 3.63) is 55.3 Å². The van der Waals surface area contributed by atoms with Gasteiger partial charge in [-0.15, -0.1) is 5.10 Å². The average Bonchev–Trinajstić information content (AvgIpc) is 3.26. The third kappa shape index (κ3) is 3.83. The van der Waals surface area contributed by atoms with Crippen molar-refractivity contribution in [2.24, 2.45) is 0 Å². The number of H-pyrrole nitrogens is 1. The Bertz CT molecular complexity index is 1100. The number of hydrogen-bond donors (Lipinski definition) is 1. The van der Waals surface area contributed by atoms with Crippen LogP contribution in [0.1, 0.15) is 24.0 Å². The Labute approximate surface area is 163 Å².